The van der Waals surface area contributed by atoms with Gasteiger partial charge in [0, 0.05) is 25.0 Å². The lowest BCUT2D eigenvalue weighted by Crippen LogP contribution is -2.46. The van der Waals surface area contributed by atoms with Crippen LogP contribution in [0.25, 0.3) is 0 Å². The maximum absolute atomic E-state index is 4.81. The summed E-state index contributed by atoms with van der Waals surface area (Å²) in [6.45, 7) is 13.2. The molecule has 1 aliphatic rings. The Balaban J connectivity index is 2.36. The fraction of sp³-hybridized carbons (Fsp3) is 0.765. The van der Waals surface area contributed by atoms with Crippen LogP contribution < -0.4 is 10.2 Å². The van der Waals surface area contributed by atoms with Gasteiger partial charge in [-0.2, -0.15) is 0 Å². The Morgan fingerprint density at radius 1 is 1.33 bits per heavy atom. The standard InChI is InChI=1S/C17H30N4/c1-11(2)17-19-9-16(15(20-17)8-18-6)21-10-12(3)7-13(4)14(21)5/h9,11-14,18H,7-8,10H2,1-6H3. The Kier molecular flexibility index (Phi) is 5.20. The van der Waals surface area contributed by atoms with Gasteiger partial charge < -0.3 is 10.2 Å². The topological polar surface area (TPSA) is 41.1 Å². The van der Waals surface area contributed by atoms with Crippen LogP contribution in [0.15, 0.2) is 6.20 Å². The number of anilines is 1. The summed E-state index contributed by atoms with van der Waals surface area (Å²) in [4.78, 5) is 11.9. The van der Waals surface area contributed by atoms with Crippen molar-refractivity contribution >= 4 is 5.69 Å². The van der Waals surface area contributed by atoms with Crippen LogP contribution in [0.5, 0.6) is 0 Å². The highest BCUT2D eigenvalue weighted by molar-refractivity contribution is 5.51. The smallest absolute Gasteiger partial charge is 0.131 e. The Morgan fingerprint density at radius 3 is 2.67 bits per heavy atom. The maximum Gasteiger partial charge on any atom is 0.131 e. The first-order valence-electron chi connectivity index (χ1n) is 8.21. The number of piperidine rings is 1. The monoisotopic (exact) mass is 290 g/mol. The zero-order valence-corrected chi connectivity index (χ0v) is 14.3. The molecule has 1 N–H and O–H groups in total. The van der Waals surface area contributed by atoms with E-state index in [4.69, 9.17) is 4.98 Å². The predicted molar refractivity (Wildman–Crippen MR) is 88.6 cm³/mol. The van der Waals surface area contributed by atoms with Crippen LogP contribution in [0.4, 0.5) is 5.69 Å². The van der Waals surface area contributed by atoms with Gasteiger partial charge in [0.05, 0.1) is 17.6 Å². The first-order valence-corrected chi connectivity index (χ1v) is 8.21. The second-order valence-electron chi connectivity index (χ2n) is 6.96. The van der Waals surface area contributed by atoms with Gasteiger partial charge >= 0.3 is 0 Å². The highest BCUT2D eigenvalue weighted by atomic mass is 15.2. The quantitative estimate of drug-likeness (QED) is 0.924. The molecule has 0 aromatic carbocycles. The molecule has 0 radical (unpaired) electrons. The van der Waals surface area contributed by atoms with Crippen molar-refractivity contribution < 1.29 is 0 Å². The minimum Gasteiger partial charge on any atom is -0.366 e. The Morgan fingerprint density at radius 2 is 2.05 bits per heavy atom. The number of nitrogens with zero attached hydrogens (tertiary/aromatic N) is 3. The molecule has 1 aromatic rings. The minimum atomic E-state index is 0.367. The second kappa shape index (κ2) is 6.73. The van der Waals surface area contributed by atoms with Crippen molar-refractivity contribution in [2.24, 2.45) is 11.8 Å². The maximum atomic E-state index is 4.81. The van der Waals surface area contributed by atoms with Crippen LogP contribution in [0.1, 0.15) is 58.5 Å². The largest absolute Gasteiger partial charge is 0.366 e. The van der Waals surface area contributed by atoms with E-state index in [1.54, 1.807) is 0 Å². The number of rotatable bonds is 4. The van der Waals surface area contributed by atoms with Crippen LogP contribution in [-0.4, -0.2) is 29.6 Å². The van der Waals surface area contributed by atoms with Crippen molar-refractivity contribution in [3.63, 3.8) is 0 Å². The highest BCUT2D eigenvalue weighted by Gasteiger charge is 2.30. The average Bonchev–Trinajstić information content (AvgIpc) is 2.43. The molecule has 0 aliphatic carbocycles. The van der Waals surface area contributed by atoms with Crippen molar-refractivity contribution in [1.82, 2.24) is 15.3 Å². The third-order valence-corrected chi connectivity index (χ3v) is 4.63. The molecular formula is C17H30N4. The molecule has 1 saturated heterocycles. The van der Waals surface area contributed by atoms with Crippen LogP contribution in [0.2, 0.25) is 0 Å². The van der Waals surface area contributed by atoms with Gasteiger partial charge in [0.2, 0.25) is 0 Å². The molecule has 0 spiro atoms. The van der Waals surface area contributed by atoms with E-state index in [0.29, 0.717) is 17.9 Å². The summed E-state index contributed by atoms with van der Waals surface area (Å²) >= 11 is 0. The summed E-state index contributed by atoms with van der Waals surface area (Å²) < 4.78 is 0. The van der Waals surface area contributed by atoms with Gasteiger partial charge in [-0.1, -0.05) is 27.7 Å². The van der Waals surface area contributed by atoms with E-state index in [2.05, 4.69) is 49.8 Å². The van der Waals surface area contributed by atoms with E-state index in [-0.39, 0.29) is 0 Å². The molecule has 1 fully saturated rings. The summed E-state index contributed by atoms with van der Waals surface area (Å²) in [5, 5.41) is 3.25. The lowest BCUT2D eigenvalue weighted by atomic mass is 9.85. The molecule has 1 aliphatic heterocycles. The van der Waals surface area contributed by atoms with Gasteiger partial charge in [0.25, 0.3) is 0 Å². The average molecular weight is 290 g/mol. The van der Waals surface area contributed by atoms with Crippen molar-refractivity contribution in [1.29, 1.82) is 0 Å². The SMILES string of the molecule is CNCc1nc(C(C)C)ncc1N1CC(C)CC(C)C1C. The van der Waals surface area contributed by atoms with Crippen LogP contribution in [-0.2, 0) is 6.54 Å². The number of aromatic nitrogens is 2. The summed E-state index contributed by atoms with van der Waals surface area (Å²) in [5.74, 6) is 2.74. The minimum absolute atomic E-state index is 0.367. The fourth-order valence-electron chi connectivity index (χ4n) is 3.27. The molecule has 118 valence electrons. The summed E-state index contributed by atoms with van der Waals surface area (Å²) in [7, 11) is 1.98. The lowest BCUT2D eigenvalue weighted by Gasteiger charge is -2.43. The van der Waals surface area contributed by atoms with Crippen molar-refractivity contribution in [3.8, 4) is 0 Å². The van der Waals surface area contributed by atoms with E-state index in [0.717, 1.165) is 30.5 Å². The fourth-order valence-corrected chi connectivity index (χ4v) is 3.27. The normalized spacial score (nSPS) is 26.4. The van der Waals surface area contributed by atoms with Gasteiger partial charge in [-0.05, 0) is 32.2 Å². The van der Waals surface area contributed by atoms with Crippen LogP contribution in [0.3, 0.4) is 0 Å². The molecule has 2 heterocycles. The Hall–Kier alpha value is -1.16. The zero-order chi connectivity index (χ0) is 15.6. The van der Waals surface area contributed by atoms with Gasteiger partial charge in [0.1, 0.15) is 5.82 Å². The molecule has 4 nitrogen and oxygen atoms in total. The molecule has 4 heteroatoms. The number of hydrogen-bond donors (Lipinski definition) is 1. The van der Waals surface area contributed by atoms with Crippen LogP contribution in [0, 0.1) is 11.8 Å². The Labute approximate surface area is 129 Å². The number of hydrogen-bond acceptors (Lipinski definition) is 4. The van der Waals surface area contributed by atoms with Gasteiger partial charge in [-0.15, -0.1) is 0 Å². The molecular weight excluding hydrogens is 260 g/mol. The van der Waals surface area contributed by atoms with Crippen LogP contribution >= 0.6 is 0 Å². The summed E-state index contributed by atoms with van der Waals surface area (Å²) in [5.41, 5.74) is 2.34. The molecule has 3 unspecified atom stereocenters. The van der Waals surface area contributed by atoms with Gasteiger partial charge in [0.15, 0.2) is 0 Å². The van der Waals surface area contributed by atoms with Gasteiger partial charge in [-0.3, -0.25) is 0 Å². The highest BCUT2D eigenvalue weighted by Crippen LogP contribution is 2.32. The second-order valence-corrected chi connectivity index (χ2v) is 6.96. The molecule has 0 bridgehead atoms. The predicted octanol–water partition coefficient (Wildman–Crippen LogP) is 3.19. The van der Waals surface area contributed by atoms with Crippen molar-refractivity contribution in [3.05, 3.63) is 17.7 Å². The molecule has 1 aromatic heterocycles. The van der Waals surface area contributed by atoms with E-state index in [1.807, 2.05) is 13.2 Å². The van der Waals surface area contributed by atoms with E-state index < -0.39 is 0 Å². The summed E-state index contributed by atoms with van der Waals surface area (Å²) in [6, 6.07) is 0.547. The van der Waals surface area contributed by atoms with Crippen molar-refractivity contribution in [2.75, 3.05) is 18.5 Å². The van der Waals surface area contributed by atoms with Gasteiger partial charge in [-0.25, -0.2) is 9.97 Å². The molecule has 0 amide bonds. The van der Waals surface area contributed by atoms with E-state index in [9.17, 15) is 0 Å². The third kappa shape index (κ3) is 3.54. The first-order chi connectivity index (χ1) is 9.93. The molecule has 0 saturated carbocycles. The van der Waals surface area contributed by atoms with E-state index >= 15 is 0 Å². The van der Waals surface area contributed by atoms with Crippen molar-refractivity contribution in [2.45, 2.75) is 59.5 Å². The third-order valence-electron chi connectivity index (χ3n) is 4.63. The molecule has 21 heavy (non-hydrogen) atoms. The summed E-state index contributed by atoms with van der Waals surface area (Å²) in [6.07, 6.45) is 3.35. The number of nitrogens with one attached hydrogen (secondary N) is 1. The Bertz CT molecular complexity index is 472. The van der Waals surface area contributed by atoms with E-state index in [1.165, 1.54) is 12.1 Å². The molecule has 2 rings (SSSR count). The zero-order valence-electron chi connectivity index (χ0n) is 14.3. The lowest BCUT2D eigenvalue weighted by molar-refractivity contribution is 0.296. The first kappa shape index (κ1) is 16.2. The molecule has 3 atom stereocenters.